The summed E-state index contributed by atoms with van der Waals surface area (Å²) in [6, 6.07) is 6.09. The number of rotatable bonds is 4. The minimum absolute atomic E-state index is 0.177. The van der Waals surface area contributed by atoms with Gasteiger partial charge in [-0.1, -0.05) is 13.0 Å². The minimum Gasteiger partial charge on any atom is -0.454 e. The lowest BCUT2D eigenvalue weighted by atomic mass is 10.0. The van der Waals surface area contributed by atoms with Crippen LogP contribution in [0.1, 0.15) is 32.8 Å². The summed E-state index contributed by atoms with van der Waals surface area (Å²) in [5.41, 5.74) is 1.40. The summed E-state index contributed by atoms with van der Waals surface area (Å²) in [6.45, 7) is 7.80. The van der Waals surface area contributed by atoms with Gasteiger partial charge in [-0.05, 0) is 38.0 Å². The monoisotopic (exact) mass is 221 g/mol. The molecule has 3 heteroatoms. The molecule has 1 aliphatic heterocycles. The maximum absolute atomic E-state index is 5.35. The predicted octanol–water partition coefficient (Wildman–Crippen LogP) is 2.69. The second-order valence-electron chi connectivity index (χ2n) is 4.78. The van der Waals surface area contributed by atoms with E-state index in [1.54, 1.807) is 0 Å². The molecule has 0 fully saturated rings. The number of hydrogen-bond acceptors (Lipinski definition) is 3. The summed E-state index contributed by atoms with van der Waals surface area (Å²) in [7, 11) is 0. The molecule has 1 heterocycles. The maximum atomic E-state index is 5.35. The Morgan fingerprint density at radius 3 is 2.75 bits per heavy atom. The number of ether oxygens (including phenoxy) is 2. The summed E-state index contributed by atoms with van der Waals surface area (Å²) in [5.74, 6) is 1.70. The van der Waals surface area contributed by atoms with Crippen molar-refractivity contribution in [3.8, 4) is 11.5 Å². The fourth-order valence-electron chi connectivity index (χ4n) is 1.52. The fraction of sp³-hybridized carbons (Fsp3) is 0.538. The van der Waals surface area contributed by atoms with Crippen molar-refractivity contribution in [2.45, 2.75) is 39.3 Å². The van der Waals surface area contributed by atoms with E-state index in [-0.39, 0.29) is 5.54 Å². The van der Waals surface area contributed by atoms with Crippen molar-refractivity contribution < 1.29 is 9.47 Å². The highest BCUT2D eigenvalue weighted by molar-refractivity contribution is 5.44. The van der Waals surface area contributed by atoms with E-state index in [2.05, 4.69) is 32.2 Å². The molecule has 16 heavy (non-hydrogen) atoms. The van der Waals surface area contributed by atoms with Crippen LogP contribution in [0.2, 0.25) is 0 Å². The van der Waals surface area contributed by atoms with Crippen molar-refractivity contribution >= 4 is 0 Å². The molecule has 0 bridgehead atoms. The van der Waals surface area contributed by atoms with Crippen LogP contribution in [0, 0.1) is 0 Å². The van der Waals surface area contributed by atoms with Gasteiger partial charge < -0.3 is 14.8 Å². The molecule has 1 aromatic rings. The molecule has 3 nitrogen and oxygen atoms in total. The third-order valence-corrected chi connectivity index (χ3v) is 3.09. The zero-order chi connectivity index (χ0) is 11.6. The van der Waals surface area contributed by atoms with E-state index in [9.17, 15) is 0 Å². The Labute approximate surface area is 96.8 Å². The van der Waals surface area contributed by atoms with Gasteiger partial charge in [0.05, 0.1) is 0 Å². The van der Waals surface area contributed by atoms with Crippen molar-refractivity contribution in [1.29, 1.82) is 0 Å². The molecular weight excluding hydrogens is 202 g/mol. The lowest BCUT2D eigenvalue weighted by Gasteiger charge is -2.24. The predicted molar refractivity (Wildman–Crippen MR) is 63.8 cm³/mol. The van der Waals surface area contributed by atoms with Crippen molar-refractivity contribution in [2.75, 3.05) is 6.79 Å². The summed E-state index contributed by atoms with van der Waals surface area (Å²) in [4.78, 5) is 0. The third-order valence-electron chi connectivity index (χ3n) is 3.09. The Morgan fingerprint density at radius 2 is 2.00 bits per heavy atom. The van der Waals surface area contributed by atoms with Crippen LogP contribution in [-0.4, -0.2) is 12.3 Å². The lowest BCUT2D eigenvalue weighted by Crippen LogP contribution is -2.37. The summed E-state index contributed by atoms with van der Waals surface area (Å²) >= 11 is 0. The van der Waals surface area contributed by atoms with Crippen LogP contribution in [0.25, 0.3) is 0 Å². The highest BCUT2D eigenvalue weighted by Crippen LogP contribution is 2.32. The van der Waals surface area contributed by atoms with Gasteiger partial charge in [-0.3, -0.25) is 0 Å². The summed E-state index contributed by atoms with van der Waals surface area (Å²) in [5, 5.41) is 3.52. The first-order chi connectivity index (χ1) is 7.61. The highest BCUT2D eigenvalue weighted by atomic mass is 16.7. The Morgan fingerprint density at radius 1 is 1.25 bits per heavy atom. The Hall–Kier alpha value is -1.22. The number of benzene rings is 1. The second kappa shape index (κ2) is 4.34. The Kier molecular flexibility index (Phi) is 3.06. The van der Waals surface area contributed by atoms with Crippen molar-refractivity contribution in [2.24, 2.45) is 0 Å². The van der Waals surface area contributed by atoms with E-state index in [4.69, 9.17) is 9.47 Å². The minimum atomic E-state index is 0.177. The zero-order valence-electron chi connectivity index (χ0n) is 10.2. The van der Waals surface area contributed by atoms with Crippen LogP contribution in [0.3, 0.4) is 0 Å². The molecule has 0 saturated heterocycles. The molecule has 1 aliphatic rings. The topological polar surface area (TPSA) is 30.5 Å². The Bertz CT molecular complexity index is 374. The van der Waals surface area contributed by atoms with Gasteiger partial charge >= 0.3 is 0 Å². The SMILES string of the molecule is CCC(C)(C)NCc1ccc2c(c1)OCO2. The molecule has 0 atom stereocenters. The standard InChI is InChI=1S/C13H19NO2/c1-4-13(2,3)14-8-10-5-6-11-12(7-10)16-9-15-11/h5-7,14H,4,8-9H2,1-3H3. The smallest absolute Gasteiger partial charge is 0.231 e. The number of nitrogens with one attached hydrogen (secondary N) is 1. The van der Waals surface area contributed by atoms with E-state index in [0.717, 1.165) is 24.5 Å². The molecule has 0 unspecified atom stereocenters. The van der Waals surface area contributed by atoms with Crippen molar-refractivity contribution in [3.63, 3.8) is 0 Å². The summed E-state index contributed by atoms with van der Waals surface area (Å²) < 4.78 is 10.6. The van der Waals surface area contributed by atoms with E-state index in [1.165, 1.54) is 5.56 Å². The molecule has 0 amide bonds. The highest BCUT2D eigenvalue weighted by Gasteiger charge is 2.16. The van der Waals surface area contributed by atoms with E-state index >= 15 is 0 Å². The molecule has 1 N–H and O–H groups in total. The fourth-order valence-corrected chi connectivity index (χ4v) is 1.52. The van der Waals surface area contributed by atoms with Gasteiger partial charge in [0.2, 0.25) is 6.79 Å². The van der Waals surface area contributed by atoms with Crippen LogP contribution in [0.4, 0.5) is 0 Å². The molecule has 88 valence electrons. The normalized spacial score (nSPS) is 14.2. The van der Waals surface area contributed by atoms with Crippen LogP contribution in [-0.2, 0) is 6.54 Å². The van der Waals surface area contributed by atoms with E-state index in [1.807, 2.05) is 12.1 Å². The first-order valence-corrected chi connectivity index (χ1v) is 5.74. The number of fused-ring (bicyclic) bond motifs is 1. The number of hydrogen-bond donors (Lipinski definition) is 1. The van der Waals surface area contributed by atoms with Crippen molar-refractivity contribution in [3.05, 3.63) is 23.8 Å². The van der Waals surface area contributed by atoms with Crippen molar-refractivity contribution in [1.82, 2.24) is 5.32 Å². The summed E-state index contributed by atoms with van der Waals surface area (Å²) in [6.07, 6.45) is 1.11. The average molecular weight is 221 g/mol. The van der Waals surface area contributed by atoms with Gasteiger partial charge in [0.25, 0.3) is 0 Å². The van der Waals surface area contributed by atoms with Crippen LogP contribution in [0.15, 0.2) is 18.2 Å². The second-order valence-corrected chi connectivity index (χ2v) is 4.78. The quantitative estimate of drug-likeness (QED) is 0.848. The van der Waals surface area contributed by atoms with E-state index in [0.29, 0.717) is 6.79 Å². The van der Waals surface area contributed by atoms with E-state index < -0.39 is 0 Å². The maximum Gasteiger partial charge on any atom is 0.231 e. The first kappa shape index (κ1) is 11.3. The van der Waals surface area contributed by atoms with Gasteiger partial charge in [-0.25, -0.2) is 0 Å². The van der Waals surface area contributed by atoms with Gasteiger partial charge in [0.1, 0.15) is 0 Å². The van der Waals surface area contributed by atoms with Crippen LogP contribution >= 0.6 is 0 Å². The molecular formula is C13H19NO2. The molecule has 0 radical (unpaired) electrons. The Balaban J connectivity index is 2.00. The molecule has 0 spiro atoms. The zero-order valence-corrected chi connectivity index (χ0v) is 10.2. The van der Waals surface area contributed by atoms with Gasteiger partial charge in [-0.15, -0.1) is 0 Å². The first-order valence-electron chi connectivity index (χ1n) is 5.74. The molecule has 0 aromatic heterocycles. The van der Waals surface area contributed by atoms with Gasteiger partial charge in [0.15, 0.2) is 11.5 Å². The molecule has 1 aromatic carbocycles. The third kappa shape index (κ3) is 2.47. The van der Waals surface area contributed by atoms with Gasteiger partial charge in [-0.2, -0.15) is 0 Å². The average Bonchev–Trinajstić information content (AvgIpc) is 2.73. The van der Waals surface area contributed by atoms with Crippen LogP contribution in [0.5, 0.6) is 11.5 Å². The molecule has 0 aliphatic carbocycles. The molecule has 0 saturated carbocycles. The van der Waals surface area contributed by atoms with Crippen LogP contribution < -0.4 is 14.8 Å². The van der Waals surface area contributed by atoms with Gasteiger partial charge in [0, 0.05) is 12.1 Å². The lowest BCUT2D eigenvalue weighted by molar-refractivity contribution is 0.174. The largest absolute Gasteiger partial charge is 0.454 e. The molecule has 2 rings (SSSR count).